The van der Waals surface area contributed by atoms with Gasteiger partial charge >= 0.3 is 0 Å². The van der Waals surface area contributed by atoms with E-state index in [9.17, 15) is 8.78 Å². The van der Waals surface area contributed by atoms with Crippen molar-refractivity contribution in [2.75, 3.05) is 6.61 Å². The van der Waals surface area contributed by atoms with Gasteiger partial charge in [0, 0.05) is 6.92 Å². The van der Waals surface area contributed by atoms with E-state index in [1.165, 1.54) is 13.8 Å². The predicted molar refractivity (Wildman–Crippen MR) is 50.1 cm³/mol. The van der Waals surface area contributed by atoms with Crippen LogP contribution < -0.4 is 0 Å². The normalized spacial score (nSPS) is 14.8. The Hall–Kier alpha value is -0.180. The molecular weight excluding hydrogens is 174 g/mol. The van der Waals surface area contributed by atoms with Crippen LogP contribution in [0.25, 0.3) is 0 Å². The molecule has 13 heavy (non-hydrogen) atoms. The second-order valence-corrected chi connectivity index (χ2v) is 5.25. The zero-order chi connectivity index (χ0) is 10.9. The third kappa shape index (κ3) is 4.55. The number of rotatable bonds is 3. The molecule has 3 heteroatoms. The molecule has 0 radical (unpaired) electrons. The van der Waals surface area contributed by atoms with Crippen LogP contribution in [-0.2, 0) is 4.74 Å². The molecule has 0 N–H and O–H groups in total. The minimum absolute atomic E-state index is 0.0808. The minimum Gasteiger partial charge on any atom is -0.369 e. The number of alkyl halides is 2. The van der Waals surface area contributed by atoms with Crippen LogP contribution in [0.3, 0.4) is 0 Å². The highest BCUT2D eigenvalue weighted by molar-refractivity contribution is 4.83. The third-order valence-corrected chi connectivity index (χ3v) is 1.92. The molecule has 0 aliphatic carbocycles. The molecule has 0 aromatic rings. The molecule has 0 aromatic heterocycles. The van der Waals surface area contributed by atoms with Crippen molar-refractivity contribution in [1.29, 1.82) is 0 Å². The Bertz CT molecular complexity index is 163. The molecule has 1 nitrogen and oxygen atoms in total. The number of halogens is 2. The Morgan fingerprint density at radius 1 is 0.923 bits per heavy atom. The lowest BCUT2D eigenvalue weighted by molar-refractivity contribution is -0.190. The van der Waals surface area contributed by atoms with Gasteiger partial charge in [-0.05, 0) is 19.3 Å². The van der Waals surface area contributed by atoms with E-state index in [2.05, 4.69) is 0 Å². The molecule has 0 atom stereocenters. The van der Waals surface area contributed by atoms with Crippen LogP contribution in [0.5, 0.6) is 0 Å². The van der Waals surface area contributed by atoms with Crippen LogP contribution >= 0.6 is 0 Å². The lowest BCUT2D eigenvalue weighted by atomic mass is 9.96. The highest BCUT2D eigenvalue weighted by atomic mass is 19.3. The van der Waals surface area contributed by atoms with Crippen molar-refractivity contribution in [1.82, 2.24) is 0 Å². The summed E-state index contributed by atoms with van der Waals surface area (Å²) in [6.45, 7) is 9.92. The molecule has 0 spiro atoms. The average molecular weight is 194 g/mol. The Morgan fingerprint density at radius 2 is 1.31 bits per heavy atom. The summed E-state index contributed by atoms with van der Waals surface area (Å²) in [6, 6.07) is 0. The highest BCUT2D eigenvalue weighted by Gasteiger charge is 2.43. The molecule has 0 rings (SSSR count). The largest absolute Gasteiger partial charge is 0.369 e. The fourth-order valence-corrected chi connectivity index (χ4v) is 0.524. The van der Waals surface area contributed by atoms with Crippen LogP contribution in [-0.4, -0.2) is 18.1 Å². The van der Waals surface area contributed by atoms with Crippen molar-refractivity contribution in [2.24, 2.45) is 5.41 Å². The van der Waals surface area contributed by atoms with Gasteiger partial charge in [0.1, 0.15) is 5.60 Å². The van der Waals surface area contributed by atoms with Gasteiger partial charge in [0.05, 0.1) is 6.61 Å². The Labute approximate surface area is 79.5 Å². The Morgan fingerprint density at radius 3 is 1.54 bits per heavy atom. The third-order valence-electron chi connectivity index (χ3n) is 1.92. The van der Waals surface area contributed by atoms with Crippen LogP contribution in [0.2, 0.25) is 0 Å². The Balaban J connectivity index is 4.21. The number of hydrogen-bond acceptors (Lipinski definition) is 1. The first kappa shape index (κ1) is 12.8. The molecule has 0 fully saturated rings. The first-order valence-electron chi connectivity index (χ1n) is 4.47. The van der Waals surface area contributed by atoms with E-state index in [1.54, 1.807) is 0 Å². The molecule has 0 aliphatic heterocycles. The van der Waals surface area contributed by atoms with Crippen molar-refractivity contribution in [3.05, 3.63) is 0 Å². The van der Waals surface area contributed by atoms with Crippen molar-refractivity contribution in [2.45, 2.75) is 53.1 Å². The first-order chi connectivity index (χ1) is 5.46. The van der Waals surface area contributed by atoms with Gasteiger partial charge in [-0.25, -0.2) is 8.78 Å². The standard InChI is InChI=1S/C10H20F2O/c1-8(2,3)7-13-9(4,5)10(6,11)12/h7H2,1-6H3. The first-order valence-corrected chi connectivity index (χ1v) is 4.47. The van der Waals surface area contributed by atoms with Gasteiger partial charge in [0.2, 0.25) is 0 Å². The topological polar surface area (TPSA) is 9.23 Å². The van der Waals surface area contributed by atoms with Crippen molar-refractivity contribution in [3.8, 4) is 0 Å². The molecule has 0 saturated carbocycles. The van der Waals surface area contributed by atoms with E-state index >= 15 is 0 Å². The fourth-order valence-electron chi connectivity index (χ4n) is 0.524. The highest BCUT2D eigenvalue weighted by Crippen LogP contribution is 2.32. The van der Waals surface area contributed by atoms with E-state index in [-0.39, 0.29) is 5.41 Å². The quantitative estimate of drug-likeness (QED) is 0.668. The molecule has 0 bridgehead atoms. The molecule has 0 heterocycles. The maximum Gasteiger partial charge on any atom is 0.273 e. The van der Waals surface area contributed by atoms with Gasteiger partial charge in [-0.3, -0.25) is 0 Å². The average Bonchev–Trinajstić information content (AvgIpc) is 1.79. The summed E-state index contributed by atoms with van der Waals surface area (Å²) in [5.74, 6) is -2.81. The maximum absolute atomic E-state index is 13.0. The molecule has 0 aromatic carbocycles. The molecule has 0 unspecified atom stereocenters. The second kappa shape index (κ2) is 3.52. The van der Waals surface area contributed by atoms with Crippen LogP contribution in [0, 0.1) is 5.41 Å². The van der Waals surface area contributed by atoms with Crippen LogP contribution in [0.15, 0.2) is 0 Å². The summed E-state index contributed by atoms with van der Waals surface area (Å²) < 4.78 is 31.1. The zero-order valence-corrected chi connectivity index (χ0v) is 9.37. The van der Waals surface area contributed by atoms with E-state index in [4.69, 9.17) is 4.74 Å². The van der Waals surface area contributed by atoms with Crippen molar-refractivity contribution in [3.63, 3.8) is 0 Å². The summed E-state index contributed by atoms with van der Waals surface area (Å²) in [7, 11) is 0. The smallest absolute Gasteiger partial charge is 0.273 e. The van der Waals surface area contributed by atoms with E-state index < -0.39 is 11.5 Å². The Kier molecular flexibility index (Phi) is 3.47. The summed E-state index contributed by atoms with van der Waals surface area (Å²) in [5, 5.41) is 0. The monoisotopic (exact) mass is 194 g/mol. The summed E-state index contributed by atoms with van der Waals surface area (Å²) in [5.41, 5.74) is -1.47. The van der Waals surface area contributed by atoms with Crippen LogP contribution in [0.4, 0.5) is 8.78 Å². The van der Waals surface area contributed by atoms with Gasteiger partial charge in [-0.15, -0.1) is 0 Å². The molecule has 0 saturated heterocycles. The van der Waals surface area contributed by atoms with Gasteiger partial charge in [0.25, 0.3) is 5.92 Å². The lowest BCUT2D eigenvalue weighted by Gasteiger charge is -2.34. The maximum atomic E-state index is 13.0. The number of hydrogen-bond donors (Lipinski definition) is 0. The summed E-state index contributed by atoms with van der Waals surface area (Å²) >= 11 is 0. The SMILES string of the molecule is CC(C)(C)COC(C)(C)C(C)(F)F. The summed E-state index contributed by atoms with van der Waals surface area (Å²) in [4.78, 5) is 0. The van der Waals surface area contributed by atoms with Crippen molar-refractivity contribution < 1.29 is 13.5 Å². The van der Waals surface area contributed by atoms with Gasteiger partial charge in [-0.2, -0.15) is 0 Å². The molecule has 80 valence electrons. The van der Waals surface area contributed by atoms with Crippen molar-refractivity contribution >= 4 is 0 Å². The molecule has 0 amide bonds. The van der Waals surface area contributed by atoms with Gasteiger partial charge < -0.3 is 4.74 Å². The lowest BCUT2D eigenvalue weighted by Crippen LogP contribution is -2.44. The number of ether oxygens (including phenoxy) is 1. The predicted octanol–water partition coefficient (Wildman–Crippen LogP) is 3.48. The van der Waals surface area contributed by atoms with E-state index in [0.29, 0.717) is 6.61 Å². The molecular formula is C10H20F2O. The fraction of sp³-hybridized carbons (Fsp3) is 1.00. The molecule has 0 aliphatic rings. The van der Waals surface area contributed by atoms with Gasteiger partial charge in [0.15, 0.2) is 0 Å². The van der Waals surface area contributed by atoms with E-state index in [1.807, 2.05) is 20.8 Å². The van der Waals surface area contributed by atoms with Crippen LogP contribution in [0.1, 0.15) is 41.5 Å². The van der Waals surface area contributed by atoms with Gasteiger partial charge in [-0.1, -0.05) is 20.8 Å². The van der Waals surface area contributed by atoms with E-state index in [0.717, 1.165) is 6.92 Å². The zero-order valence-electron chi connectivity index (χ0n) is 9.37. The minimum atomic E-state index is -2.81. The second-order valence-electron chi connectivity index (χ2n) is 5.25. The summed E-state index contributed by atoms with van der Waals surface area (Å²) in [6.07, 6.45) is 0.